The van der Waals surface area contributed by atoms with Crippen molar-refractivity contribution in [2.24, 2.45) is 4.41 Å². The summed E-state index contributed by atoms with van der Waals surface area (Å²) in [6.45, 7) is 9.00. The molecule has 11 heavy (non-hydrogen) atoms. The van der Waals surface area contributed by atoms with Gasteiger partial charge in [-0.3, -0.25) is 0 Å². The van der Waals surface area contributed by atoms with E-state index in [-0.39, 0.29) is 8.99 Å². The zero-order chi connectivity index (χ0) is 8.91. The van der Waals surface area contributed by atoms with Gasteiger partial charge >= 0.3 is 8.99 Å². The molecule has 0 unspecified atom stereocenters. The Hall–Kier alpha value is 0.737. The number of rotatable bonds is 4. The predicted octanol–water partition coefficient (Wildman–Crippen LogP) is 3.41. The number of nitrogens with zero attached hydrogens (tertiary/aromatic N) is 1. The Morgan fingerprint density at radius 1 is 1.36 bits per heavy atom. The molecule has 0 N–H and O–H groups in total. The molecule has 0 fully saturated rings. The molecule has 1 nitrogen and oxygen atoms in total. The first kappa shape index (κ1) is 11.7. The van der Waals surface area contributed by atoms with Gasteiger partial charge in [-0.2, -0.15) is 0 Å². The smallest absolute Gasteiger partial charge is 0.318 e. The third-order valence-electron chi connectivity index (χ3n) is 2.29. The van der Waals surface area contributed by atoms with Crippen molar-refractivity contribution < 1.29 is 0 Å². The minimum absolute atomic E-state index is 0.262. The summed E-state index contributed by atoms with van der Waals surface area (Å²) in [5.74, 6) is 0. The average Bonchev–Trinajstić information content (AvgIpc) is 2.00. The largest absolute Gasteiger partial charge is 0.330 e. The highest BCUT2D eigenvalue weighted by molar-refractivity contribution is 7.67. The molecule has 0 amide bonds. The maximum atomic E-state index is 5.68. The highest BCUT2D eigenvalue weighted by Crippen LogP contribution is 2.53. The lowest BCUT2D eigenvalue weighted by molar-refractivity contribution is 1.06. The molecule has 0 bridgehead atoms. The predicted molar refractivity (Wildman–Crippen MR) is 57.2 cm³/mol. The molecule has 0 aromatic rings. The van der Waals surface area contributed by atoms with Crippen molar-refractivity contribution in [2.75, 3.05) is 12.3 Å². The monoisotopic (exact) mass is 209 g/mol. The van der Waals surface area contributed by atoms with Crippen molar-refractivity contribution >= 4 is 27.1 Å². The molecule has 0 heterocycles. The second kappa shape index (κ2) is 5.39. The van der Waals surface area contributed by atoms with Crippen LogP contribution in [0.15, 0.2) is 4.41 Å². The Labute approximate surface area is 77.6 Å². The lowest BCUT2D eigenvalue weighted by Gasteiger charge is -2.25. The van der Waals surface area contributed by atoms with Crippen LogP contribution in [0, 0.1) is 0 Å². The standard InChI is InChI=1S/C7H17ClNPSi/c1-5-10(6-2,7(3)4)9-11-8/h7H,5-6H2,1-4H3. The van der Waals surface area contributed by atoms with Crippen molar-refractivity contribution in [3.05, 3.63) is 0 Å². The second-order valence-corrected chi connectivity index (χ2v) is 8.65. The first-order valence-corrected chi connectivity index (χ1v) is 8.21. The summed E-state index contributed by atoms with van der Waals surface area (Å²) in [6, 6.07) is 0. The zero-order valence-electron chi connectivity index (χ0n) is 7.76. The molecule has 0 aliphatic carbocycles. The van der Waals surface area contributed by atoms with E-state index in [1.54, 1.807) is 0 Å². The average molecular weight is 210 g/mol. The van der Waals surface area contributed by atoms with Gasteiger partial charge in [0.05, 0.1) is 0 Å². The Morgan fingerprint density at radius 3 is 1.91 bits per heavy atom. The van der Waals surface area contributed by atoms with Gasteiger partial charge in [-0.05, 0) is 25.0 Å². The molecule has 0 aromatic carbocycles. The van der Waals surface area contributed by atoms with Crippen LogP contribution >= 0.6 is 18.1 Å². The Balaban J connectivity index is 4.61. The molecule has 0 saturated heterocycles. The molecule has 0 aliphatic rings. The van der Waals surface area contributed by atoms with E-state index in [1.807, 2.05) is 0 Å². The Bertz CT molecular complexity index is 151. The van der Waals surface area contributed by atoms with Crippen LogP contribution in [0.3, 0.4) is 0 Å². The summed E-state index contributed by atoms with van der Waals surface area (Å²) in [5.41, 5.74) is 0.712. The SMILES string of the molecule is CCP(CC)(=N[Si]Cl)C(C)C. The molecule has 0 rings (SSSR count). The molecular formula is C7H17ClNPSi. The van der Waals surface area contributed by atoms with Gasteiger partial charge in [-0.1, -0.05) is 27.7 Å². The van der Waals surface area contributed by atoms with Gasteiger partial charge in [0.25, 0.3) is 0 Å². The maximum Gasteiger partial charge on any atom is 0.330 e. The number of hydrogen-bond donors (Lipinski definition) is 0. The van der Waals surface area contributed by atoms with Crippen LogP contribution in [0.5, 0.6) is 0 Å². The fourth-order valence-electron chi connectivity index (χ4n) is 1.29. The topological polar surface area (TPSA) is 12.4 Å². The quantitative estimate of drug-likeness (QED) is 0.382. The number of halogens is 1. The molecule has 2 radical (unpaired) electrons. The molecule has 0 spiro atoms. The van der Waals surface area contributed by atoms with Gasteiger partial charge in [0, 0.05) is 0 Å². The van der Waals surface area contributed by atoms with Crippen molar-refractivity contribution in [3.63, 3.8) is 0 Å². The summed E-state index contributed by atoms with van der Waals surface area (Å²) in [6.07, 6.45) is 2.42. The second-order valence-electron chi connectivity index (χ2n) is 2.90. The lowest BCUT2D eigenvalue weighted by atomic mass is 10.6. The van der Waals surface area contributed by atoms with Crippen LogP contribution in [0.1, 0.15) is 27.7 Å². The molecular weight excluding hydrogens is 193 g/mol. The van der Waals surface area contributed by atoms with Crippen LogP contribution in [-0.4, -0.2) is 27.0 Å². The highest BCUT2D eigenvalue weighted by atomic mass is 35.6. The van der Waals surface area contributed by atoms with Crippen LogP contribution in [0.2, 0.25) is 0 Å². The van der Waals surface area contributed by atoms with Crippen molar-refractivity contribution in [3.8, 4) is 0 Å². The van der Waals surface area contributed by atoms with Crippen molar-refractivity contribution in [1.82, 2.24) is 0 Å². The molecule has 0 saturated carbocycles. The van der Waals surface area contributed by atoms with Crippen LogP contribution in [0.4, 0.5) is 0 Å². The van der Waals surface area contributed by atoms with Gasteiger partial charge in [-0.15, -0.1) is 11.1 Å². The fraction of sp³-hybridized carbons (Fsp3) is 1.00. The Kier molecular flexibility index (Phi) is 5.76. The normalized spacial score (nSPS) is 12.2. The van der Waals surface area contributed by atoms with Crippen LogP contribution < -0.4 is 0 Å². The molecule has 0 atom stereocenters. The van der Waals surface area contributed by atoms with Gasteiger partial charge in [0.1, 0.15) is 0 Å². The Morgan fingerprint density at radius 2 is 1.82 bits per heavy atom. The summed E-state index contributed by atoms with van der Waals surface area (Å²) in [4.78, 5) is 0. The van der Waals surface area contributed by atoms with Gasteiger partial charge in [0.2, 0.25) is 0 Å². The zero-order valence-corrected chi connectivity index (χ0v) is 10.4. The van der Waals surface area contributed by atoms with Crippen LogP contribution in [-0.2, 0) is 0 Å². The van der Waals surface area contributed by atoms with E-state index in [1.165, 1.54) is 12.3 Å². The van der Waals surface area contributed by atoms with E-state index in [4.69, 9.17) is 11.1 Å². The summed E-state index contributed by atoms with van der Waals surface area (Å²) < 4.78 is 4.60. The van der Waals surface area contributed by atoms with Crippen LogP contribution in [0.25, 0.3) is 0 Å². The summed E-state index contributed by atoms with van der Waals surface area (Å²) in [5, 5.41) is 0. The van der Waals surface area contributed by atoms with Gasteiger partial charge in [0.15, 0.2) is 0 Å². The molecule has 4 heteroatoms. The third kappa shape index (κ3) is 2.93. The van der Waals surface area contributed by atoms with E-state index in [0.717, 1.165) is 0 Å². The highest BCUT2D eigenvalue weighted by Gasteiger charge is 2.18. The minimum Gasteiger partial charge on any atom is -0.318 e. The number of hydrogen-bond acceptors (Lipinski definition) is 1. The molecule has 0 aromatic heterocycles. The summed E-state index contributed by atoms with van der Waals surface area (Å²) in [7, 11) is -0.762. The van der Waals surface area contributed by atoms with E-state index in [9.17, 15) is 0 Å². The lowest BCUT2D eigenvalue weighted by Crippen LogP contribution is -2.03. The first-order valence-electron chi connectivity index (χ1n) is 4.07. The maximum absolute atomic E-state index is 5.68. The summed E-state index contributed by atoms with van der Waals surface area (Å²) >= 11 is 5.68. The van der Waals surface area contributed by atoms with Crippen molar-refractivity contribution in [1.29, 1.82) is 0 Å². The van der Waals surface area contributed by atoms with E-state index < -0.39 is 7.05 Å². The first-order chi connectivity index (χ1) is 5.13. The van der Waals surface area contributed by atoms with Crippen molar-refractivity contribution in [2.45, 2.75) is 33.4 Å². The fourth-order valence-corrected chi connectivity index (χ4v) is 7.21. The third-order valence-corrected chi connectivity index (χ3v) is 8.98. The van der Waals surface area contributed by atoms with E-state index in [0.29, 0.717) is 5.66 Å². The van der Waals surface area contributed by atoms with Gasteiger partial charge < -0.3 is 4.41 Å². The van der Waals surface area contributed by atoms with Gasteiger partial charge in [-0.25, -0.2) is 0 Å². The van der Waals surface area contributed by atoms with E-state index in [2.05, 4.69) is 32.1 Å². The minimum atomic E-state index is -1.02. The molecule has 0 aliphatic heterocycles. The van der Waals surface area contributed by atoms with E-state index >= 15 is 0 Å². The molecule has 66 valence electrons.